The molecule has 3 aromatic rings. The van der Waals surface area contributed by atoms with E-state index < -0.39 is 0 Å². The van der Waals surface area contributed by atoms with Crippen LogP contribution in [0.3, 0.4) is 0 Å². The third kappa shape index (κ3) is 1.97. The van der Waals surface area contributed by atoms with Crippen molar-refractivity contribution in [3.05, 3.63) is 42.2 Å². The van der Waals surface area contributed by atoms with Gasteiger partial charge in [-0.25, -0.2) is 4.98 Å². The zero-order valence-corrected chi connectivity index (χ0v) is 10.8. The lowest BCUT2D eigenvalue weighted by Crippen LogP contribution is -2.00. The minimum Gasteiger partial charge on any atom is -0.357 e. The van der Waals surface area contributed by atoms with Crippen LogP contribution in [0.5, 0.6) is 0 Å². The zero-order chi connectivity index (χ0) is 13.2. The fourth-order valence-electron chi connectivity index (χ4n) is 1.93. The van der Waals surface area contributed by atoms with Crippen molar-refractivity contribution in [3.8, 4) is 0 Å². The molecule has 0 amide bonds. The summed E-state index contributed by atoms with van der Waals surface area (Å²) in [5.41, 5.74) is 2.85. The second kappa shape index (κ2) is 4.56. The van der Waals surface area contributed by atoms with Crippen LogP contribution >= 0.6 is 0 Å². The van der Waals surface area contributed by atoms with Gasteiger partial charge in [-0.1, -0.05) is 18.2 Å². The molecule has 2 N–H and O–H groups in total. The molecular weight excluding hydrogens is 240 g/mol. The number of aryl methyl sites for hydroxylation is 1. The van der Waals surface area contributed by atoms with Crippen LogP contribution in [0.15, 0.2) is 36.7 Å². The van der Waals surface area contributed by atoms with Gasteiger partial charge in [-0.05, 0) is 18.6 Å². The van der Waals surface area contributed by atoms with E-state index in [-0.39, 0.29) is 0 Å². The summed E-state index contributed by atoms with van der Waals surface area (Å²) < 4.78 is 1.85. The Morgan fingerprint density at radius 3 is 2.79 bits per heavy atom. The maximum atomic E-state index is 4.33. The normalized spacial score (nSPS) is 10.6. The summed E-state index contributed by atoms with van der Waals surface area (Å²) in [6.07, 6.45) is 3.54. The Balaban J connectivity index is 2.06. The smallest absolute Gasteiger partial charge is 0.228 e. The molecule has 0 spiro atoms. The molecule has 0 bridgehead atoms. The molecule has 0 radical (unpaired) electrons. The van der Waals surface area contributed by atoms with E-state index >= 15 is 0 Å². The maximum Gasteiger partial charge on any atom is 0.228 e. The number of para-hydroxylation sites is 1. The molecule has 0 unspecified atom stereocenters. The van der Waals surface area contributed by atoms with E-state index in [1.807, 2.05) is 48.8 Å². The fourth-order valence-corrected chi connectivity index (χ4v) is 1.93. The van der Waals surface area contributed by atoms with Crippen molar-refractivity contribution in [1.29, 1.82) is 0 Å². The first-order chi connectivity index (χ1) is 9.29. The van der Waals surface area contributed by atoms with Gasteiger partial charge in [-0.3, -0.25) is 4.40 Å². The van der Waals surface area contributed by atoms with E-state index in [0.717, 1.165) is 11.3 Å². The Morgan fingerprint density at radius 2 is 2.00 bits per heavy atom. The van der Waals surface area contributed by atoms with Crippen LogP contribution in [-0.2, 0) is 0 Å². The lowest BCUT2D eigenvalue weighted by Gasteiger charge is -2.08. The Labute approximate surface area is 110 Å². The monoisotopic (exact) mass is 254 g/mol. The number of anilines is 3. The number of fused-ring (bicyclic) bond motifs is 1. The molecule has 6 nitrogen and oxygen atoms in total. The molecule has 1 aromatic carbocycles. The number of aromatic nitrogens is 4. The van der Waals surface area contributed by atoms with E-state index in [9.17, 15) is 0 Å². The van der Waals surface area contributed by atoms with Gasteiger partial charge < -0.3 is 10.6 Å². The third-order valence-corrected chi connectivity index (χ3v) is 2.95. The van der Waals surface area contributed by atoms with Crippen molar-refractivity contribution in [1.82, 2.24) is 19.6 Å². The van der Waals surface area contributed by atoms with E-state index in [2.05, 4.69) is 25.8 Å². The molecule has 19 heavy (non-hydrogen) atoms. The number of benzene rings is 1. The molecule has 0 aliphatic heterocycles. The van der Waals surface area contributed by atoms with Crippen molar-refractivity contribution in [2.45, 2.75) is 6.92 Å². The number of hydrogen-bond donors (Lipinski definition) is 2. The van der Waals surface area contributed by atoms with E-state index in [1.54, 1.807) is 6.20 Å². The van der Waals surface area contributed by atoms with Gasteiger partial charge in [0, 0.05) is 25.1 Å². The van der Waals surface area contributed by atoms with Crippen molar-refractivity contribution in [2.24, 2.45) is 0 Å². The molecule has 0 aliphatic carbocycles. The summed E-state index contributed by atoms with van der Waals surface area (Å²) in [4.78, 5) is 4.33. The highest BCUT2D eigenvalue weighted by Crippen LogP contribution is 2.22. The molecule has 0 saturated carbocycles. The van der Waals surface area contributed by atoms with Crippen molar-refractivity contribution >= 4 is 23.1 Å². The number of nitrogens with zero attached hydrogens (tertiary/aromatic N) is 4. The molecule has 0 aliphatic rings. The molecule has 0 saturated heterocycles. The largest absolute Gasteiger partial charge is 0.357 e. The third-order valence-electron chi connectivity index (χ3n) is 2.95. The van der Waals surface area contributed by atoms with Gasteiger partial charge in [0.2, 0.25) is 11.6 Å². The Bertz CT molecular complexity index is 718. The van der Waals surface area contributed by atoms with Gasteiger partial charge in [0.25, 0.3) is 0 Å². The highest BCUT2D eigenvalue weighted by molar-refractivity contribution is 5.72. The first-order valence-electron chi connectivity index (χ1n) is 6.00. The molecule has 2 heterocycles. The average Bonchev–Trinajstić information content (AvgIpc) is 2.85. The Kier molecular flexibility index (Phi) is 2.75. The zero-order valence-electron chi connectivity index (χ0n) is 10.8. The molecule has 6 heteroatoms. The van der Waals surface area contributed by atoms with Crippen LogP contribution < -0.4 is 10.6 Å². The number of nitrogens with one attached hydrogen (secondary N) is 2. The standard InChI is InChI=1S/C13H14N6/c1-9-5-3-4-6-10(9)16-11-12-17-18-13(14-2)19(12)8-7-15-11/h3-8H,1-2H3,(H,14,18)(H,15,16). The van der Waals surface area contributed by atoms with Gasteiger partial charge in [0.05, 0.1) is 0 Å². The van der Waals surface area contributed by atoms with Crippen molar-refractivity contribution in [3.63, 3.8) is 0 Å². The summed E-state index contributed by atoms with van der Waals surface area (Å²) in [7, 11) is 1.81. The van der Waals surface area contributed by atoms with E-state index in [4.69, 9.17) is 0 Å². The summed E-state index contributed by atoms with van der Waals surface area (Å²) in [5, 5.41) is 14.5. The fraction of sp³-hybridized carbons (Fsp3) is 0.154. The Morgan fingerprint density at radius 1 is 1.16 bits per heavy atom. The molecular formula is C13H14N6. The number of hydrogen-bond acceptors (Lipinski definition) is 5. The molecule has 0 fully saturated rings. The van der Waals surface area contributed by atoms with Crippen LogP contribution in [-0.4, -0.2) is 26.6 Å². The Hall–Kier alpha value is -2.63. The van der Waals surface area contributed by atoms with Crippen LogP contribution in [0.2, 0.25) is 0 Å². The predicted octanol–water partition coefficient (Wildman–Crippen LogP) is 2.22. The lowest BCUT2D eigenvalue weighted by molar-refractivity contribution is 1.09. The quantitative estimate of drug-likeness (QED) is 0.750. The van der Waals surface area contributed by atoms with Gasteiger partial charge in [0.15, 0.2) is 5.82 Å². The molecule has 3 rings (SSSR count). The number of rotatable bonds is 3. The second-order valence-corrected chi connectivity index (χ2v) is 4.18. The van der Waals surface area contributed by atoms with Gasteiger partial charge in [-0.2, -0.15) is 0 Å². The topological polar surface area (TPSA) is 67.1 Å². The van der Waals surface area contributed by atoms with E-state index in [1.165, 1.54) is 0 Å². The average molecular weight is 254 g/mol. The maximum absolute atomic E-state index is 4.33. The van der Waals surface area contributed by atoms with Crippen molar-refractivity contribution in [2.75, 3.05) is 17.7 Å². The molecule has 96 valence electrons. The van der Waals surface area contributed by atoms with Crippen LogP contribution in [0.1, 0.15) is 5.56 Å². The summed E-state index contributed by atoms with van der Waals surface area (Å²) >= 11 is 0. The summed E-state index contributed by atoms with van der Waals surface area (Å²) in [6, 6.07) is 8.05. The van der Waals surface area contributed by atoms with Crippen LogP contribution in [0, 0.1) is 6.92 Å². The second-order valence-electron chi connectivity index (χ2n) is 4.18. The lowest BCUT2D eigenvalue weighted by atomic mass is 10.2. The van der Waals surface area contributed by atoms with Crippen LogP contribution in [0.25, 0.3) is 5.65 Å². The first kappa shape index (κ1) is 11.5. The SMILES string of the molecule is CNc1nnc2c(Nc3ccccc3C)nccn12. The highest BCUT2D eigenvalue weighted by atomic mass is 15.3. The minimum absolute atomic E-state index is 0.685. The van der Waals surface area contributed by atoms with Crippen LogP contribution in [0.4, 0.5) is 17.5 Å². The van der Waals surface area contributed by atoms with Crippen molar-refractivity contribution < 1.29 is 0 Å². The minimum atomic E-state index is 0.685. The molecule has 2 aromatic heterocycles. The van der Waals surface area contributed by atoms with E-state index in [0.29, 0.717) is 17.4 Å². The molecule has 0 atom stereocenters. The summed E-state index contributed by atoms with van der Waals surface area (Å²) in [6.45, 7) is 2.05. The van der Waals surface area contributed by atoms with Gasteiger partial charge in [0.1, 0.15) is 0 Å². The summed E-state index contributed by atoms with van der Waals surface area (Å²) in [5.74, 6) is 1.37. The predicted molar refractivity (Wildman–Crippen MR) is 74.8 cm³/mol. The first-order valence-corrected chi connectivity index (χ1v) is 6.00. The van der Waals surface area contributed by atoms with Gasteiger partial charge >= 0.3 is 0 Å². The van der Waals surface area contributed by atoms with Gasteiger partial charge in [-0.15, -0.1) is 10.2 Å². The highest BCUT2D eigenvalue weighted by Gasteiger charge is 2.09.